The molecule has 1 heterocycles. The summed E-state index contributed by atoms with van der Waals surface area (Å²) < 4.78 is 5.49. The van der Waals surface area contributed by atoms with Gasteiger partial charge in [-0.3, -0.25) is 0 Å². The van der Waals surface area contributed by atoms with E-state index in [4.69, 9.17) is 16.3 Å². The molecule has 1 aromatic carbocycles. The number of aliphatic hydroxyl groups is 1. The van der Waals surface area contributed by atoms with E-state index >= 15 is 0 Å². The van der Waals surface area contributed by atoms with E-state index in [9.17, 15) is 5.11 Å². The van der Waals surface area contributed by atoms with Crippen molar-refractivity contribution in [1.82, 2.24) is 0 Å². The second-order valence-electron chi connectivity index (χ2n) is 4.24. The molecule has 1 unspecified atom stereocenters. The molecule has 3 nitrogen and oxygen atoms in total. The van der Waals surface area contributed by atoms with Gasteiger partial charge >= 0.3 is 0 Å². The smallest absolute Gasteiger partial charge is 0.0702 e. The van der Waals surface area contributed by atoms with Crippen molar-refractivity contribution in [2.75, 3.05) is 24.7 Å². The number of halogens is 1. The Hall–Kier alpha value is -0.770. The highest BCUT2D eigenvalue weighted by molar-refractivity contribution is 6.33. The average molecular weight is 256 g/mol. The third-order valence-electron chi connectivity index (χ3n) is 3.23. The first-order chi connectivity index (χ1) is 8.27. The summed E-state index contributed by atoms with van der Waals surface area (Å²) in [6.07, 6.45) is 1.01. The van der Waals surface area contributed by atoms with Gasteiger partial charge in [0.2, 0.25) is 0 Å². The van der Waals surface area contributed by atoms with E-state index in [0.717, 1.165) is 30.8 Å². The van der Waals surface area contributed by atoms with Gasteiger partial charge in [0, 0.05) is 12.1 Å². The number of hydrogen-bond donors (Lipinski definition) is 1. The van der Waals surface area contributed by atoms with Gasteiger partial charge in [0.05, 0.1) is 36.6 Å². The predicted molar refractivity (Wildman–Crippen MR) is 69.6 cm³/mol. The number of hydrogen-bond acceptors (Lipinski definition) is 3. The van der Waals surface area contributed by atoms with Crippen LogP contribution in [0.2, 0.25) is 5.02 Å². The summed E-state index contributed by atoms with van der Waals surface area (Å²) >= 11 is 6.27. The quantitative estimate of drug-likeness (QED) is 0.901. The molecule has 0 spiro atoms. The maximum absolute atomic E-state index is 9.42. The van der Waals surface area contributed by atoms with Gasteiger partial charge in [0.15, 0.2) is 0 Å². The Labute approximate surface area is 107 Å². The van der Waals surface area contributed by atoms with Crippen molar-refractivity contribution in [3.63, 3.8) is 0 Å². The number of ether oxygens (including phenoxy) is 1. The van der Waals surface area contributed by atoms with Crippen LogP contribution in [0.3, 0.4) is 0 Å². The molecule has 1 aliphatic rings. The first kappa shape index (κ1) is 12.7. The fourth-order valence-electron chi connectivity index (χ4n) is 2.30. The molecule has 4 heteroatoms. The lowest BCUT2D eigenvalue weighted by molar-refractivity contribution is 0.0927. The lowest BCUT2D eigenvalue weighted by atomic mass is 10.1. The van der Waals surface area contributed by atoms with Crippen molar-refractivity contribution in [2.24, 2.45) is 0 Å². The molecule has 94 valence electrons. The van der Waals surface area contributed by atoms with Crippen LogP contribution in [0, 0.1) is 0 Å². The SMILES string of the molecule is CCC1COCCN1c1c(Cl)cccc1CO. The van der Waals surface area contributed by atoms with Crippen molar-refractivity contribution < 1.29 is 9.84 Å². The third kappa shape index (κ3) is 2.57. The van der Waals surface area contributed by atoms with Gasteiger partial charge in [-0.05, 0) is 12.5 Å². The topological polar surface area (TPSA) is 32.7 Å². The Balaban J connectivity index is 2.36. The molecule has 0 amide bonds. The molecule has 0 aliphatic carbocycles. The zero-order valence-electron chi connectivity index (χ0n) is 10.0. The summed E-state index contributed by atoms with van der Waals surface area (Å²) in [5, 5.41) is 10.1. The zero-order valence-corrected chi connectivity index (χ0v) is 10.8. The lowest BCUT2D eigenvalue weighted by Gasteiger charge is -2.38. The van der Waals surface area contributed by atoms with Gasteiger partial charge in [0.1, 0.15) is 0 Å². The lowest BCUT2D eigenvalue weighted by Crippen LogP contribution is -2.45. The normalized spacial score (nSPS) is 20.6. The van der Waals surface area contributed by atoms with E-state index in [2.05, 4.69) is 11.8 Å². The molecule has 1 aliphatic heterocycles. The molecule has 2 rings (SSSR count). The van der Waals surface area contributed by atoms with E-state index in [1.54, 1.807) is 0 Å². The summed E-state index contributed by atoms with van der Waals surface area (Å²) in [6, 6.07) is 6.01. The van der Waals surface area contributed by atoms with Crippen LogP contribution in [0.15, 0.2) is 18.2 Å². The molecule has 1 N–H and O–H groups in total. The van der Waals surface area contributed by atoms with Crippen LogP contribution in [0.4, 0.5) is 5.69 Å². The minimum atomic E-state index is 0.0175. The Bertz CT molecular complexity index is 384. The molecular formula is C13H18ClNO2. The largest absolute Gasteiger partial charge is 0.392 e. The zero-order chi connectivity index (χ0) is 12.3. The van der Waals surface area contributed by atoms with Crippen LogP contribution >= 0.6 is 11.6 Å². The summed E-state index contributed by atoms with van der Waals surface area (Å²) in [5.74, 6) is 0. The third-order valence-corrected chi connectivity index (χ3v) is 3.53. The van der Waals surface area contributed by atoms with Gasteiger partial charge in [-0.1, -0.05) is 30.7 Å². The molecule has 1 atom stereocenters. The number of morpholine rings is 1. The van der Waals surface area contributed by atoms with Gasteiger partial charge in [-0.15, -0.1) is 0 Å². The number of para-hydroxylation sites is 1. The van der Waals surface area contributed by atoms with E-state index in [-0.39, 0.29) is 6.61 Å². The molecular weight excluding hydrogens is 238 g/mol. The molecule has 0 radical (unpaired) electrons. The second-order valence-corrected chi connectivity index (χ2v) is 4.64. The van der Waals surface area contributed by atoms with Crippen LogP contribution < -0.4 is 4.90 Å². The van der Waals surface area contributed by atoms with Gasteiger partial charge in [-0.2, -0.15) is 0 Å². The average Bonchev–Trinajstić information content (AvgIpc) is 2.38. The number of rotatable bonds is 3. The Morgan fingerprint density at radius 3 is 3.06 bits per heavy atom. The van der Waals surface area contributed by atoms with Gasteiger partial charge in [0.25, 0.3) is 0 Å². The Morgan fingerprint density at radius 2 is 2.35 bits per heavy atom. The maximum atomic E-state index is 9.42. The summed E-state index contributed by atoms with van der Waals surface area (Å²) in [7, 11) is 0. The van der Waals surface area contributed by atoms with Crippen molar-refractivity contribution >= 4 is 17.3 Å². The number of nitrogens with zero attached hydrogens (tertiary/aromatic N) is 1. The number of benzene rings is 1. The highest BCUT2D eigenvalue weighted by Crippen LogP contribution is 2.33. The highest BCUT2D eigenvalue weighted by atomic mass is 35.5. The highest BCUT2D eigenvalue weighted by Gasteiger charge is 2.25. The predicted octanol–water partition coefficient (Wildman–Crippen LogP) is 2.45. The molecule has 17 heavy (non-hydrogen) atoms. The van der Waals surface area contributed by atoms with Crippen molar-refractivity contribution in [3.8, 4) is 0 Å². The molecule has 1 aromatic rings. The van der Waals surface area contributed by atoms with Crippen LogP contribution in [0.25, 0.3) is 0 Å². The Morgan fingerprint density at radius 1 is 1.53 bits per heavy atom. The molecule has 1 fully saturated rings. The number of aliphatic hydroxyl groups excluding tert-OH is 1. The fourth-order valence-corrected chi connectivity index (χ4v) is 2.60. The minimum Gasteiger partial charge on any atom is -0.392 e. The summed E-state index contributed by atoms with van der Waals surface area (Å²) in [6.45, 7) is 4.43. The van der Waals surface area contributed by atoms with Crippen LogP contribution in [-0.4, -0.2) is 30.9 Å². The monoisotopic (exact) mass is 255 g/mol. The standard InChI is InChI=1S/C13H18ClNO2/c1-2-11-9-17-7-6-15(11)13-10(8-16)4-3-5-12(13)14/h3-5,11,16H,2,6-9H2,1H3. The van der Waals surface area contributed by atoms with E-state index in [0.29, 0.717) is 17.7 Å². The maximum Gasteiger partial charge on any atom is 0.0702 e. The van der Waals surface area contributed by atoms with Crippen LogP contribution in [0.5, 0.6) is 0 Å². The molecule has 0 saturated carbocycles. The van der Waals surface area contributed by atoms with E-state index in [1.807, 2.05) is 18.2 Å². The minimum absolute atomic E-state index is 0.0175. The van der Waals surface area contributed by atoms with Crippen molar-refractivity contribution in [1.29, 1.82) is 0 Å². The van der Waals surface area contributed by atoms with Crippen LogP contribution in [-0.2, 0) is 11.3 Å². The second kappa shape index (κ2) is 5.71. The van der Waals surface area contributed by atoms with Crippen molar-refractivity contribution in [3.05, 3.63) is 28.8 Å². The van der Waals surface area contributed by atoms with Crippen LogP contribution in [0.1, 0.15) is 18.9 Å². The van der Waals surface area contributed by atoms with Gasteiger partial charge in [-0.25, -0.2) is 0 Å². The van der Waals surface area contributed by atoms with Crippen molar-refractivity contribution in [2.45, 2.75) is 26.0 Å². The fraction of sp³-hybridized carbons (Fsp3) is 0.538. The van der Waals surface area contributed by atoms with Gasteiger partial charge < -0.3 is 14.7 Å². The molecule has 1 saturated heterocycles. The summed E-state index contributed by atoms with van der Waals surface area (Å²) in [5.41, 5.74) is 1.85. The first-order valence-corrected chi connectivity index (χ1v) is 6.38. The molecule has 0 bridgehead atoms. The summed E-state index contributed by atoms with van der Waals surface area (Å²) in [4.78, 5) is 2.26. The van der Waals surface area contributed by atoms with E-state index < -0.39 is 0 Å². The molecule has 0 aromatic heterocycles. The first-order valence-electron chi connectivity index (χ1n) is 6.00. The van der Waals surface area contributed by atoms with E-state index in [1.165, 1.54) is 0 Å². The number of anilines is 1. The Kier molecular flexibility index (Phi) is 4.26.